The summed E-state index contributed by atoms with van der Waals surface area (Å²) in [7, 11) is -2.54. The molecular formula is C6H7N3O2S. The highest BCUT2D eigenvalue weighted by Gasteiger charge is 2.22. The summed E-state index contributed by atoms with van der Waals surface area (Å²) in [5.74, 6) is -0.337. The van der Waals surface area contributed by atoms with Gasteiger partial charge in [0.2, 0.25) is 0 Å². The zero-order valence-corrected chi connectivity index (χ0v) is 7.22. The van der Waals surface area contributed by atoms with Crippen LogP contribution in [0.25, 0.3) is 0 Å². The van der Waals surface area contributed by atoms with E-state index in [0.29, 0.717) is 10.6 Å². The molecule has 1 unspecified atom stereocenters. The van der Waals surface area contributed by atoms with E-state index in [9.17, 15) is 9.00 Å². The maximum atomic E-state index is 11.6. The van der Waals surface area contributed by atoms with Gasteiger partial charge in [-0.2, -0.15) is 9.46 Å². The number of aromatic amines is 1. The number of nitrogens with one attached hydrogen (secondary N) is 1. The van der Waals surface area contributed by atoms with Crippen molar-refractivity contribution in [3.63, 3.8) is 0 Å². The summed E-state index contributed by atoms with van der Waals surface area (Å²) in [5, 5.41) is 6.80. The van der Waals surface area contributed by atoms with E-state index < -0.39 is 9.73 Å². The summed E-state index contributed by atoms with van der Waals surface area (Å²) in [4.78, 5) is 11.0. The van der Waals surface area contributed by atoms with Gasteiger partial charge in [0.1, 0.15) is 5.03 Å². The molecule has 12 heavy (non-hydrogen) atoms. The summed E-state index contributed by atoms with van der Waals surface area (Å²) in [5.41, 5.74) is 0.697. The first-order valence-electron chi connectivity index (χ1n) is 3.37. The van der Waals surface area contributed by atoms with Gasteiger partial charge in [0, 0.05) is 11.8 Å². The number of hydrogen-bond acceptors (Lipinski definition) is 3. The van der Waals surface area contributed by atoms with E-state index in [2.05, 4.69) is 14.6 Å². The van der Waals surface area contributed by atoms with Gasteiger partial charge in [-0.15, -0.1) is 0 Å². The Labute approximate surface area is 69.4 Å². The van der Waals surface area contributed by atoms with Crippen LogP contribution < -0.4 is 0 Å². The molecule has 1 amide bonds. The van der Waals surface area contributed by atoms with E-state index in [1.54, 1.807) is 0 Å². The van der Waals surface area contributed by atoms with E-state index in [-0.39, 0.29) is 12.3 Å². The van der Waals surface area contributed by atoms with Gasteiger partial charge in [0.05, 0.1) is 22.3 Å². The molecule has 0 saturated carbocycles. The molecule has 1 aliphatic heterocycles. The van der Waals surface area contributed by atoms with E-state index in [1.165, 1.54) is 12.5 Å². The zero-order chi connectivity index (χ0) is 8.77. The molecule has 6 heteroatoms. The third-order valence-corrected chi connectivity index (χ3v) is 3.34. The minimum Gasteiger partial charge on any atom is -0.272 e. The van der Waals surface area contributed by atoms with Crippen LogP contribution in [0.4, 0.5) is 0 Å². The van der Waals surface area contributed by atoms with Crippen LogP contribution in [0, 0.1) is 0 Å². The van der Waals surface area contributed by atoms with E-state index in [4.69, 9.17) is 0 Å². The average Bonchev–Trinajstić information content (AvgIpc) is 2.32. The molecule has 1 aromatic heterocycles. The van der Waals surface area contributed by atoms with E-state index in [1.807, 2.05) is 0 Å². The minimum atomic E-state index is -2.54. The first kappa shape index (κ1) is 7.48. The van der Waals surface area contributed by atoms with Crippen molar-refractivity contribution in [2.75, 3.05) is 6.26 Å². The Bertz CT molecular complexity index is 453. The normalized spacial score (nSPS) is 27.9. The monoisotopic (exact) mass is 185 g/mol. The average molecular weight is 185 g/mol. The Balaban J connectivity index is 2.77. The summed E-state index contributed by atoms with van der Waals surface area (Å²) < 4.78 is 15.2. The minimum absolute atomic E-state index is 0.205. The number of amides is 1. The van der Waals surface area contributed by atoms with Gasteiger partial charge in [-0.05, 0) is 0 Å². The Kier molecular flexibility index (Phi) is 1.35. The Hall–Kier alpha value is -1.17. The van der Waals surface area contributed by atoms with Crippen LogP contribution in [-0.2, 0) is 20.9 Å². The fourth-order valence-electron chi connectivity index (χ4n) is 1.19. The molecule has 1 atom stereocenters. The van der Waals surface area contributed by atoms with Crippen LogP contribution in [0.5, 0.6) is 0 Å². The molecule has 0 aliphatic carbocycles. The molecule has 1 N–H and O–H groups in total. The third kappa shape index (κ3) is 0.953. The number of carbonyl (C=O) groups is 1. The number of rotatable bonds is 0. The maximum absolute atomic E-state index is 11.6. The molecule has 0 fully saturated rings. The van der Waals surface area contributed by atoms with Crippen molar-refractivity contribution in [1.82, 2.24) is 10.2 Å². The number of fused-ring (bicyclic) bond motifs is 1. The second-order valence-corrected chi connectivity index (χ2v) is 4.88. The van der Waals surface area contributed by atoms with E-state index in [0.717, 1.165) is 0 Å². The SMILES string of the molecule is CS1(=O)=NC(=O)Cc2cn[nH]c21. The van der Waals surface area contributed by atoms with Crippen LogP contribution in [-0.4, -0.2) is 26.6 Å². The van der Waals surface area contributed by atoms with Gasteiger partial charge < -0.3 is 0 Å². The van der Waals surface area contributed by atoms with E-state index >= 15 is 0 Å². The summed E-state index contributed by atoms with van der Waals surface area (Å²) in [6.07, 6.45) is 3.16. The predicted octanol–water partition coefficient (Wildman–Crippen LogP) is -0.0509. The second-order valence-electron chi connectivity index (χ2n) is 2.69. The number of H-pyrrole nitrogens is 1. The maximum Gasteiger partial charge on any atom is 0.258 e. The summed E-state index contributed by atoms with van der Waals surface area (Å²) in [6, 6.07) is 0. The molecule has 0 bridgehead atoms. The number of aromatic nitrogens is 2. The molecule has 0 radical (unpaired) electrons. The molecule has 0 saturated heterocycles. The van der Waals surface area contributed by atoms with Crippen molar-refractivity contribution in [1.29, 1.82) is 0 Å². The molecule has 5 nitrogen and oxygen atoms in total. The van der Waals surface area contributed by atoms with Gasteiger partial charge in [0.25, 0.3) is 5.91 Å². The Morgan fingerprint density at radius 3 is 3.17 bits per heavy atom. The molecule has 64 valence electrons. The topological polar surface area (TPSA) is 75.2 Å². The molecule has 2 heterocycles. The number of carbonyl (C=O) groups excluding carboxylic acids is 1. The molecular weight excluding hydrogens is 178 g/mol. The summed E-state index contributed by atoms with van der Waals surface area (Å²) >= 11 is 0. The third-order valence-electron chi connectivity index (χ3n) is 1.67. The van der Waals surface area contributed by atoms with Crippen molar-refractivity contribution in [3.8, 4) is 0 Å². The smallest absolute Gasteiger partial charge is 0.258 e. The summed E-state index contributed by atoms with van der Waals surface area (Å²) in [6.45, 7) is 0. The zero-order valence-electron chi connectivity index (χ0n) is 6.40. The largest absolute Gasteiger partial charge is 0.272 e. The lowest BCUT2D eigenvalue weighted by atomic mass is 10.2. The van der Waals surface area contributed by atoms with Gasteiger partial charge >= 0.3 is 0 Å². The van der Waals surface area contributed by atoms with Gasteiger partial charge in [-0.1, -0.05) is 0 Å². The predicted molar refractivity (Wildman–Crippen MR) is 42.1 cm³/mol. The lowest BCUT2D eigenvalue weighted by molar-refractivity contribution is -0.117. The quantitative estimate of drug-likeness (QED) is 0.615. The highest BCUT2D eigenvalue weighted by Crippen LogP contribution is 2.19. The fraction of sp³-hybridized carbons (Fsp3) is 0.333. The van der Waals surface area contributed by atoms with Crippen LogP contribution >= 0.6 is 0 Å². The molecule has 0 spiro atoms. The van der Waals surface area contributed by atoms with Crippen LogP contribution in [0.3, 0.4) is 0 Å². The van der Waals surface area contributed by atoms with Crippen molar-refractivity contribution in [3.05, 3.63) is 11.8 Å². The number of nitrogens with zero attached hydrogens (tertiary/aromatic N) is 2. The van der Waals surface area contributed by atoms with Crippen LogP contribution in [0.1, 0.15) is 5.56 Å². The van der Waals surface area contributed by atoms with Gasteiger partial charge in [0.15, 0.2) is 0 Å². The first-order chi connectivity index (χ1) is 5.59. The molecule has 2 rings (SSSR count). The molecule has 0 aromatic carbocycles. The lowest BCUT2D eigenvalue weighted by Gasteiger charge is -2.08. The van der Waals surface area contributed by atoms with Crippen molar-refractivity contribution in [2.45, 2.75) is 11.4 Å². The standard InChI is InChI=1S/C6H7N3O2S/c1-12(11)6-4(3-7-8-6)2-5(10)9-12/h3H,2H2,1H3,(H,7,8). The lowest BCUT2D eigenvalue weighted by Crippen LogP contribution is -2.14. The fourth-order valence-corrected chi connectivity index (χ4v) is 2.57. The van der Waals surface area contributed by atoms with Crippen LogP contribution in [0.2, 0.25) is 0 Å². The van der Waals surface area contributed by atoms with Crippen molar-refractivity contribution >= 4 is 15.6 Å². The van der Waals surface area contributed by atoms with Gasteiger partial charge in [-0.25, -0.2) is 4.21 Å². The highest BCUT2D eigenvalue weighted by molar-refractivity contribution is 7.93. The first-order valence-corrected chi connectivity index (χ1v) is 5.29. The number of hydrogen-bond donors (Lipinski definition) is 1. The Morgan fingerprint density at radius 1 is 1.67 bits per heavy atom. The van der Waals surface area contributed by atoms with Crippen molar-refractivity contribution < 1.29 is 9.00 Å². The molecule has 1 aromatic rings. The van der Waals surface area contributed by atoms with Crippen molar-refractivity contribution in [2.24, 2.45) is 4.36 Å². The Morgan fingerprint density at radius 2 is 2.42 bits per heavy atom. The van der Waals surface area contributed by atoms with Gasteiger partial charge in [-0.3, -0.25) is 9.89 Å². The van der Waals surface area contributed by atoms with Crippen LogP contribution in [0.15, 0.2) is 15.6 Å². The highest BCUT2D eigenvalue weighted by atomic mass is 32.2. The molecule has 1 aliphatic rings. The second kappa shape index (κ2) is 2.16.